The van der Waals surface area contributed by atoms with Crippen molar-refractivity contribution in [2.45, 2.75) is 38.8 Å². The van der Waals surface area contributed by atoms with Crippen molar-refractivity contribution >= 4 is 0 Å². The Bertz CT molecular complexity index is 398. The fourth-order valence-corrected chi connectivity index (χ4v) is 3.62. The summed E-state index contributed by atoms with van der Waals surface area (Å²) in [6.07, 6.45) is 2.77. The molecule has 0 aromatic heterocycles. The zero-order valence-corrected chi connectivity index (χ0v) is 11.5. The first-order chi connectivity index (χ1) is 8.75. The van der Waals surface area contributed by atoms with Gasteiger partial charge in [0.25, 0.3) is 0 Å². The average molecular weight is 244 g/mol. The highest BCUT2D eigenvalue weighted by atomic mass is 15.2. The third kappa shape index (κ3) is 2.19. The number of nitrogens with zero attached hydrogens (tertiary/aromatic N) is 1. The van der Waals surface area contributed by atoms with E-state index in [1.807, 2.05) is 0 Å². The minimum absolute atomic E-state index is 0.554. The van der Waals surface area contributed by atoms with E-state index in [9.17, 15) is 0 Å². The van der Waals surface area contributed by atoms with Crippen molar-refractivity contribution in [2.24, 2.45) is 5.92 Å². The summed E-state index contributed by atoms with van der Waals surface area (Å²) < 4.78 is 0. The van der Waals surface area contributed by atoms with Gasteiger partial charge < -0.3 is 5.32 Å². The Morgan fingerprint density at radius 1 is 1.22 bits per heavy atom. The van der Waals surface area contributed by atoms with Crippen LogP contribution in [0.3, 0.4) is 0 Å². The zero-order chi connectivity index (χ0) is 12.5. The maximum Gasteiger partial charge on any atom is 0.0323 e. The van der Waals surface area contributed by atoms with Gasteiger partial charge in [0.2, 0.25) is 0 Å². The molecule has 0 spiro atoms. The molecule has 1 aromatic rings. The molecule has 2 aliphatic rings. The van der Waals surface area contributed by atoms with Crippen LogP contribution in [0.15, 0.2) is 24.3 Å². The highest BCUT2D eigenvalue weighted by molar-refractivity contribution is 5.24. The Morgan fingerprint density at radius 3 is 2.78 bits per heavy atom. The third-order valence-corrected chi connectivity index (χ3v) is 4.78. The van der Waals surface area contributed by atoms with Crippen LogP contribution in [0.5, 0.6) is 0 Å². The lowest BCUT2D eigenvalue weighted by atomic mass is 9.89. The number of hydrogen-bond donors (Lipinski definition) is 1. The second-order valence-corrected chi connectivity index (χ2v) is 5.95. The third-order valence-electron chi connectivity index (χ3n) is 4.78. The van der Waals surface area contributed by atoms with Crippen LogP contribution >= 0.6 is 0 Å². The van der Waals surface area contributed by atoms with Gasteiger partial charge in [-0.3, -0.25) is 4.90 Å². The van der Waals surface area contributed by atoms with E-state index in [0.717, 1.165) is 12.0 Å². The molecule has 3 unspecified atom stereocenters. The topological polar surface area (TPSA) is 15.3 Å². The molecule has 0 amide bonds. The number of piperidine rings is 1. The molecule has 0 radical (unpaired) electrons. The first kappa shape index (κ1) is 12.2. The van der Waals surface area contributed by atoms with Crippen molar-refractivity contribution in [3.05, 3.63) is 35.4 Å². The quantitative estimate of drug-likeness (QED) is 0.860. The maximum atomic E-state index is 3.57. The van der Waals surface area contributed by atoms with Gasteiger partial charge in [-0.15, -0.1) is 0 Å². The zero-order valence-electron chi connectivity index (χ0n) is 11.5. The Morgan fingerprint density at radius 2 is 2.00 bits per heavy atom. The molecule has 2 aliphatic heterocycles. The molecule has 18 heavy (non-hydrogen) atoms. The monoisotopic (exact) mass is 244 g/mol. The average Bonchev–Trinajstić information content (AvgIpc) is 2.87. The second-order valence-electron chi connectivity index (χ2n) is 5.95. The Hall–Kier alpha value is -0.860. The van der Waals surface area contributed by atoms with E-state index < -0.39 is 0 Å². The minimum atomic E-state index is 0.554. The molecule has 98 valence electrons. The highest BCUT2D eigenvalue weighted by Gasteiger charge is 2.37. The fraction of sp³-hybridized carbons (Fsp3) is 0.625. The molecular formula is C16H24N2. The predicted octanol–water partition coefficient (Wildman–Crippen LogP) is 2.74. The SMILES string of the molecule is Cc1ccc(C(C)N2CCCC3CNCC32)cc1. The Labute approximate surface area is 110 Å². The van der Waals surface area contributed by atoms with Crippen molar-refractivity contribution in [1.29, 1.82) is 0 Å². The van der Waals surface area contributed by atoms with Crippen LogP contribution in [0.4, 0.5) is 0 Å². The van der Waals surface area contributed by atoms with Crippen molar-refractivity contribution in [3.8, 4) is 0 Å². The summed E-state index contributed by atoms with van der Waals surface area (Å²) in [7, 11) is 0. The molecule has 3 atom stereocenters. The van der Waals surface area contributed by atoms with E-state index in [0.29, 0.717) is 6.04 Å². The summed E-state index contributed by atoms with van der Waals surface area (Å²) in [6, 6.07) is 10.4. The first-order valence-corrected chi connectivity index (χ1v) is 7.29. The summed E-state index contributed by atoms with van der Waals surface area (Å²) in [5.74, 6) is 0.881. The molecule has 0 bridgehead atoms. The van der Waals surface area contributed by atoms with Gasteiger partial charge in [0.1, 0.15) is 0 Å². The standard InChI is InChI=1S/C16H24N2/c1-12-5-7-14(8-6-12)13(2)18-9-3-4-15-10-17-11-16(15)18/h5-8,13,15-17H,3-4,9-11H2,1-2H3. The minimum Gasteiger partial charge on any atom is -0.315 e. The van der Waals surface area contributed by atoms with Gasteiger partial charge in [0.05, 0.1) is 0 Å². The van der Waals surface area contributed by atoms with Crippen LogP contribution in [0.25, 0.3) is 0 Å². The van der Waals surface area contributed by atoms with E-state index in [1.165, 1.54) is 43.6 Å². The molecule has 1 N–H and O–H groups in total. The summed E-state index contributed by atoms with van der Waals surface area (Å²) in [6.45, 7) is 8.19. The number of hydrogen-bond acceptors (Lipinski definition) is 2. The summed E-state index contributed by atoms with van der Waals surface area (Å²) in [5.41, 5.74) is 2.82. The fourth-order valence-electron chi connectivity index (χ4n) is 3.62. The largest absolute Gasteiger partial charge is 0.315 e. The summed E-state index contributed by atoms with van der Waals surface area (Å²) >= 11 is 0. The summed E-state index contributed by atoms with van der Waals surface area (Å²) in [5, 5.41) is 3.57. The lowest BCUT2D eigenvalue weighted by Gasteiger charge is -2.41. The van der Waals surface area contributed by atoms with Gasteiger partial charge in [0.15, 0.2) is 0 Å². The number of nitrogens with one attached hydrogen (secondary N) is 1. The smallest absolute Gasteiger partial charge is 0.0323 e. The van der Waals surface area contributed by atoms with Gasteiger partial charge in [-0.1, -0.05) is 29.8 Å². The van der Waals surface area contributed by atoms with Crippen molar-refractivity contribution < 1.29 is 0 Å². The van der Waals surface area contributed by atoms with Crippen LogP contribution in [0.1, 0.15) is 36.9 Å². The van der Waals surface area contributed by atoms with Crippen molar-refractivity contribution in [2.75, 3.05) is 19.6 Å². The van der Waals surface area contributed by atoms with Crippen LogP contribution < -0.4 is 5.32 Å². The highest BCUT2D eigenvalue weighted by Crippen LogP contribution is 2.33. The van der Waals surface area contributed by atoms with E-state index in [2.05, 4.69) is 48.3 Å². The van der Waals surface area contributed by atoms with E-state index in [-0.39, 0.29) is 0 Å². The van der Waals surface area contributed by atoms with E-state index in [1.54, 1.807) is 0 Å². The molecule has 2 heteroatoms. The molecule has 2 saturated heterocycles. The predicted molar refractivity (Wildman–Crippen MR) is 75.7 cm³/mol. The second kappa shape index (κ2) is 5.02. The van der Waals surface area contributed by atoms with Crippen LogP contribution in [-0.4, -0.2) is 30.6 Å². The van der Waals surface area contributed by atoms with E-state index in [4.69, 9.17) is 0 Å². The van der Waals surface area contributed by atoms with Crippen molar-refractivity contribution in [3.63, 3.8) is 0 Å². The summed E-state index contributed by atoms with van der Waals surface area (Å²) in [4.78, 5) is 2.72. The Balaban J connectivity index is 1.78. The molecule has 2 nitrogen and oxygen atoms in total. The van der Waals surface area contributed by atoms with Crippen molar-refractivity contribution in [1.82, 2.24) is 10.2 Å². The molecular weight excluding hydrogens is 220 g/mol. The number of rotatable bonds is 2. The first-order valence-electron chi connectivity index (χ1n) is 7.29. The Kier molecular flexibility index (Phi) is 3.40. The lowest BCUT2D eigenvalue weighted by Crippen LogP contribution is -2.46. The normalized spacial score (nSPS) is 30.1. The molecule has 0 saturated carbocycles. The van der Waals surface area contributed by atoms with Crippen LogP contribution in [-0.2, 0) is 0 Å². The van der Waals surface area contributed by atoms with Gasteiger partial charge >= 0.3 is 0 Å². The molecule has 2 fully saturated rings. The maximum absolute atomic E-state index is 3.57. The number of likely N-dealkylation sites (tertiary alicyclic amines) is 1. The van der Waals surface area contributed by atoms with Gasteiger partial charge in [-0.2, -0.15) is 0 Å². The molecule has 3 rings (SSSR count). The van der Waals surface area contributed by atoms with Crippen LogP contribution in [0.2, 0.25) is 0 Å². The number of fused-ring (bicyclic) bond motifs is 1. The number of aryl methyl sites for hydroxylation is 1. The van der Waals surface area contributed by atoms with Gasteiger partial charge in [0, 0.05) is 18.6 Å². The molecule has 0 aliphatic carbocycles. The number of benzene rings is 1. The molecule has 1 aromatic carbocycles. The lowest BCUT2D eigenvalue weighted by molar-refractivity contribution is 0.0847. The molecule has 2 heterocycles. The van der Waals surface area contributed by atoms with Crippen LogP contribution in [0, 0.1) is 12.8 Å². The van der Waals surface area contributed by atoms with E-state index >= 15 is 0 Å². The van der Waals surface area contributed by atoms with Gasteiger partial charge in [-0.05, 0) is 51.3 Å². The van der Waals surface area contributed by atoms with Gasteiger partial charge in [-0.25, -0.2) is 0 Å².